The van der Waals surface area contributed by atoms with E-state index >= 15 is 0 Å². The lowest BCUT2D eigenvalue weighted by Gasteiger charge is -2.14. The smallest absolute Gasteiger partial charge is 0.275 e. The highest BCUT2D eigenvalue weighted by molar-refractivity contribution is 7.20. The van der Waals surface area contributed by atoms with Gasteiger partial charge in [0, 0.05) is 25.4 Å². The molecule has 2 heterocycles. The quantitative estimate of drug-likeness (QED) is 0.742. The van der Waals surface area contributed by atoms with Gasteiger partial charge in [-0.1, -0.05) is 23.5 Å². The molecule has 0 atom stereocenters. The van der Waals surface area contributed by atoms with Crippen molar-refractivity contribution in [1.82, 2.24) is 19.9 Å². The van der Waals surface area contributed by atoms with E-state index in [-0.39, 0.29) is 23.8 Å². The van der Waals surface area contributed by atoms with Crippen molar-refractivity contribution in [1.29, 1.82) is 0 Å². The van der Waals surface area contributed by atoms with E-state index in [4.69, 9.17) is 0 Å². The second-order valence-electron chi connectivity index (χ2n) is 5.57. The maximum atomic E-state index is 12.9. The minimum Gasteiger partial charge on any atom is -0.350 e. The van der Waals surface area contributed by atoms with Gasteiger partial charge in [-0.05, 0) is 24.6 Å². The molecule has 3 rings (SSSR count). The predicted octanol–water partition coefficient (Wildman–Crippen LogP) is 1.35. The van der Waals surface area contributed by atoms with Gasteiger partial charge < -0.3 is 10.2 Å². The lowest BCUT2D eigenvalue weighted by atomic mass is 10.2. The first kappa shape index (κ1) is 17.0. The SMILES string of the molecule is Cc1cc(=O)n2nc(N(C)CC(=O)NCc3ccc(F)cc3)sc2n1. The fraction of sp³-hybridized carbons (Fsp3) is 0.250. The molecule has 9 heteroatoms. The summed E-state index contributed by atoms with van der Waals surface area (Å²) in [6.07, 6.45) is 0. The van der Waals surface area contributed by atoms with E-state index in [2.05, 4.69) is 15.4 Å². The van der Waals surface area contributed by atoms with Crippen molar-refractivity contribution >= 4 is 27.3 Å². The Morgan fingerprint density at radius 2 is 2.08 bits per heavy atom. The molecule has 0 bridgehead atoms. The van der Waals surface area contributed by atoms with Crippen LogP contribution in [0.25, 0.3) is 4.96 Å². The van der Waals surface area contributed by atoms with E-state index in [0.717, 1.165) is 5.56 Å². The van der Waals surface area contributed by atoms with Crippen LogP contribution in [-0.4, -0.2) is 34.1 Å². The van der Waals surface area contributed by atoms with Gasteiger partial charge in [-0.3, -0.25) is 9.59 Å². The number of likely N-dealkylation sites (N-methyl/N-ethyl adjacent to an activating group) is 1. The number of carbonyl (C=O) groups excluding carboxylic acids is 1. The number of fused-ring (bicyclic) bond motifs is 1. The average molecular weight is 361 g/mol. The Morgan fingerprint density at radius 1 is 1.36 bits per heavy atom. The van der Waals surface area contributed by atoms with Crippen LogP contribution in [-0.2, 0) is 11.3 Å². The van der Waals surface area contributed by atoms with Crippen LogP contribution in [0.1, 0.15) is 11.3 Å². The van der Waals surface area contributed by atoms with Crippen LogP contribution in [0.3, 0.4) is 0 Å². The summed E-state index contributed by atoms with van der Waals surface area (Å²) < 4.78 is 14.1. The highest BCUT2D eigenvalue weighted by Crippen LogP contribution is 2.19. The van der Waals surface area contributed by atoms with Gasteiger partial charge >= 0.3 is 0 Å². The molecule has 0 saturated heterocycles. The molecule has 0 saturated carbocycles. The summed E-state index contributed by atoms with van der Waals surface area (Å²) in [5, 5.41) is 7.48. The molecule has 1 amide bonds. The second-order valence-corrected chi connectivity index (χ2v) is 6.51. The predicted molar refractivity (Wildman–Crippen MR) is 93.4 cm³/mol. The first-order valence-electron chi connectivity index (χ1n) is 7.52. The standard InChI is InChI=1S/C16H16FN5O2S/c1-10-7-14(24)22-15(19-10)25-16(20-22)21(2)9-13(23)18-8-11-3-5-12(17)6-4-11/h3-7H,8-9H2,1-2H3,(H,18,23). The third-order valence-corrected chi connectivity index (χ3v) is 4.50. The second kappa shape index (κ2) is 6.98. The first-order valence-corrected chi connectivity index (χ1v) is 8.34. The van der Waals surface area contributed by atoms with Gasteiger partial charge in [0.2, 0.25) is 16.0 Å². The Balaban J connectivity index is 1.64. The minimum absolute atomic E-state index is 0.0781. The lowest BCUT2D eigenvalue weighted by molar-refractivity contribution is -0.119. The van der Waals surface area contributed by atoms with Crippen molar-refractivity contribution in [2.75, 3.05) is 18.5 Å². The Bertz CT molecular complexity index is 967. The number of hydrogen-bond donors (Lipinski definition) is 1. The number of aryl methyl sites for hydroxylation is 1. The molecule has 0 aliphatic rings. The molecule has 0 fully saturated rings. The molecule has 0 aliphatic heterocycles. The normalized spacial score (nSPS) is 10.8. The number of benzene rings is 1. The fourth-order valence-corrected chi connectivity index (χ4v) is 3.12. The van der Waals surface area contributed by atoms with Crippen LogP contribution in [0.4, 0.5) is 9.52 Å². The summed E-state index contributed by atoms with van der Waals surface area (Å²) in [7, 11) is 1.72. The highest BCUT2D eigenvalue weighted by Gasteiger charge is 2.14. The zero-order valence-electron chi connectivity index (χ0n) is 13.7. The van der Waals surface area contributed by atoms with Gasteiger partial charge in [0.1, 0.15) is 5.82 Å². The molecule has 130 valence electrons. The summed E-state index contributed by atoms with van der Waals surface area (Å²) in [5.74, 6) is -0.521. The van der Waals surface area contributed by atoms with Gasteiger partial charge in [0.05, 0.1) is 6.54 Å². The number of halogens is 1. The molecule has 0 spiro atoms. The Kier molecular flexibility index (Phi) is 4.75. The van der Waals surface area contributed by atoms with E-state index < -0.39 is 0 Å². The van der Waals surface area contributed by atoms with Gasteiger partial charge in [-0.2, -0.15) is 4.52 Å². The summed E-state index contributed by atoms with van der Waals surface area (Å²) in [4.78, 5) is 30.3. The minimum atomic E-state index is -0.315. The molecule has 25 heavy (non-hydrogen) atoms. The number of nitrogens with zero attached hydrogens (tertiary/aromatic N) is 4. The maximum absolute atomic E-state index is 12.9. The molecule has 0 aliphatic carbocycles. The van der Waals surface area contributed by atoms with Crippen molar-refractivity contribution in [3.8, 4) is 0 Å². The molecular weight excluding hydrogens is 345 g/mol. The van der Waals surface area contributed by atoms with Gasteiger partial charge in [0.25, 0.3) is 5.56 Å². The lowest BCUT2D eigenvalue weighted by Crippen LogP contribution is -2.34. The molecule has 0 unspecified atom stereocenters. The monoisotopic (exact) mass is 361 g/mol. The Hall–Kier alpha value is -2.81. The molecular formula is C16H16FN5O2S. The summed E-state index contributed by atoms with van der Waals surface area (Å²) in [6.45, 7) is 2.13. The Morgan fingerprint density at radius 3 is 2.80 bits per heavy atom. The van der Waals surface area contributed by atoms with Crippen molar-refractivity contribution in [2.45, 2.75) is 13.5 Å². The van der Waals surface area contributed by atoms with E-state index in [9.17, 15) is 14.0 Å². The summed E-state index contributed by atoms with van der Waals surface area (Å²) >= 11 is 1.24. The Labute approximate surface area is 146 Å². The van der Waals surface area contributed by atoms with Crippen molar-refractivity contribution < 1.29 is 9.18 Å². The van der Waals surface area contributed by atoms with Crippen molar-refractivity contribution in [3.05, 3.63) is 57.8 Å². The first-order chi connectivity index (χ1) is 11.9. The average Bonchev–Trinajstić information content (AvgIpc) is 2.99. The van der Waals surface area contributed by atoms with Crippen LogP contribution in [0, 0.1) is 12.7 Å². The van der Waals surface area contributed by atoms with Crippen LogP contribution in [0.15, 0.2) is 35.1 Å². The third-order valence-electron chi connectivity index (χ3n) is 3.47. The fourth-order valence-electron chi connectivity index (χ4n) is 2.21. The molecule has 1 N–H and O–H groups in total. The zero-order chi connectivity index (χ0) is 18.0. The van der Waals surface area contributed by atoms with Crippen LogP contribution < -0.4 is 15.8 Å². The van der Waals surface area contributed by atoms with Crippen LogP contribution in [0.2, 0.25) is 0 Å². The van der Waals surface area contributed by atoms with E-state index in [0.29, 0.717) is 22.3 Å². The van der Waals surface area contributed by atoms with Gasteiger partial charge in [-0.15, -0.1) is 5.10 Å². The van der Waals surface area contributed by atoms with E-state index in [1.807, 2.05) is 0 Å². The third kappa shape index (κ3) is 4.00. The summed E-state index contributed by atoms with van der Waals surface area (Å²) in [6, 6.07) is 7.34. The largest absolute Gasteiger partial charge is 0.350 e. The molecule has 1 aromatic carbocycles. The van der Waals surface area contributed by atoms with Crippen LogP contribution in [0.5, 0.6) is 0 Å². The number of carbonyl (C=O) groups is 1. The number of hydrogen-bond acceptors (Lipinski definition) is 6. The van der Waals surface area contributed by atoms with Crippen LogP contribution >= 0.6 is 11.3 Å². The van der Waals surface area contributed by atoms with Gasteiger partial charge in [-0.25, -0.2) is 9.37 Å². The molecule has 3 aromatic rings. The number of nitrogens with one attached hydrogen (secondary N) is 1. The molecule has 0 radical (unpaired) electrons. The topological polar surface area (TPSA) is 79.6 Å². The number of aromatic nitrogens is 3. The molecule has 2 aromatic heterocycles. The maximum Gasteiger partial charge on any atom is 0.275 e. The number of rotatable bonds is 5. The highest BCUT2D eigenvalue weighted by atomic mass is 32.1. The number of amides is 1. The summed E-state index contributed by atoms with van der Waals surface area (Å²) in [5.41, 5.74) is 1.18. The van der Waals surface area contributed by atoms with Crippen molar-refractivity contribution in [2.24, 2.45) is 0 Å². The van der Waals surface area contributed by atoms with E-state index in [1.165, 1.54) is 34.1 Å². The van der Waals surface area contributed by atoms with Gasteiger partial charge in [0.15, 0.2) is 0 Å². The number of anilines is 1. The molecule has 7 nitrogen and oxygen atoms in total. The zero-order valence-corrected chi connectivity index (χ0v) is 14.5. The van der Waals surface area contributed by atoms with E-state index in [1.54, 1.807) is 31.0 Å². The van der Waals surface area contributed by atoms with Crippen molar-refractivity contribution in [3.63, 3.8) is 0 Å².